The Morgan fingerprint density at radius 2 is 0.905 bits per heavy atom. The second-order valence-electron chi connectivity index (χ2n) is 15.7. The first-order chi connectivity index (χ1) is 31.1. The molecule has 6 nitrogen and oxygen atoms in total. The maximum absolute atomic E-state index is 7.45. The number of furan rings is 1. The molecule has 0 atom stereocenters. The Morgan fingerprint density at radius 3 is 1.68 bits per heavy atom. The lowest BCUT2D eigenvalue weighted by Gasteiger charge is -2.16. The van der Waals surface area contributed by atoms with Crippen LogP contribution < -0.4 is 0 Å². The monoisotopic (exact) mass is 803 g/mol. The van der Waals surface area contributed by atoms with Crippen molar-refractivity contribution in [3.63, 3.8) is 0 Å². The van der Waals surface area contributed by atoms with Crippen molar-refractivity contribution >= 4 is 60.1 Å². The zero-order chi connectivity index (χ0) is 41.9. The van der Waals surface area contributed by atoms with Gasteiger partial charge in [-0.25, -0.2) is 19.8 Å². The molecule has 9 aromatic carbocycles. The third-order valence-electron chi connectivity index (χ3n) is 12.0. The predicted molar refractivity (Wildman–Crippen MR) is 256 cm³/mol. The minimum absolute atomic E-state index is 0.571. The fourth-order valence-corrected chi connectivity index (χ4v) is 8.92. The molecule has 0 aliphatic carbocycles. The normalized spacial score (nSPS) is 11.5. The van der Waals surface area contributed by atoms with E-state index in [1.165, 1.54) is 5.39 Å². The number of hydrogen-bond acceptors (Lipinski definition) is 5. The molecule has 0 saturated carbocycles. The van der Waals surface area contributed by atoms with Gasteiger partial charge in [0.15, 0.2) is 23.2 Å². The van der Waals surface area contributed by atoms with E-state index in [9.17, 15) is 0 Å². The molecule has 12 aromatic rings. The van der Waals surface area contributed by atoms with Gasteiger partial charge in [-0.2, -0.15) is 0 Å². The molecule has 0 spiro atoms. The number of rotatable bonds is 6. The third-order valence-corrected chi connectivity index (χ3v) is 12.0. The molecule has 63 heavy (non-hydrogen) atoms. The molecule has 0 fully saturated rings. The van der Waals surface area contributed by atoms with Gasteiger partial charge in [-0.05, 0) is 97.9 Å². The molecule has 6 heteroatoms. The summed E-state index contributed by atoms with van der Waals surface area (Å²) in [6.07, 6.45) is 1.87. The van der Waals surface area contributed by atoms with Gasteiger partial charge in [-0.1, -0.05) is 146 Å². The zero-order valence-corrected chi connectivity index (χ0v) is 33.7. The summed E-state index contributed by atoms with van der Waals surface area (Å²) in [4.78, 5) is 23.8. The third kappa shape index (κ3) is 6.27. The van der Waals surface area contributed by atoms with Gasteiger partial charge in [0.1, 0.15) is 11.2 Å². The van der Waals surface area contributed by atoms with Crippen molar-refractivity contribution in [1.29, 1.82) is 0 Å². The molecule has 0 N–H and O–H groups in total. The SMILES string of the molecule is [C-]#[N+]c1ccc(-c2cc3c4cccnc4c(-c4cccc(-c5cccc(-c6nc(-c7ccccc7)nc(-c7ccc8c(c7)oc7ccccc78)n6)c5)c4)cc3c3ccccc23)cc1. The first-order valence-corrected chi connectivity index (χ1v) is 20.8. The van der Waals surface area contributed by atoms with Crippen molar-refractivity contribution in [2.45, 2.75) is 0 Å². The molecule has 0 bridgehead atoms. The summed E-state index contributed by atoms with van der Waals surface area (Å²) in [7, 11) is 0. The van der Waals surface area contributed by atoms with Crippen LogP contribution in [0.15, 0.2) is 205 Å². The van der Waals surface area contributed by atoms with Gasteiger partial charge in [0.25, 0.3) is 0 Å². The van der Waals surface area contributed by atoms with Crippen LogP contribution in [0, 0.1) is 6.57 Å². The fraction of sp³-hybridized carbons (Fsp3) is 0. The summed E-state index contributed by atoms with van der Waals surface area (Å²) >= 11 is 0. The molecule has 3 aromatic heterocycles. The maximum Gasteiger partial charge on any atom is 0.187 e. The van der Waals surface area contributed by atoms with Gasteiger partial charge in [0.2, 0.25) is 0 Å². The molecular weight excluding hydrogens is 771 g/mol. The molecular formula is C57H33N5O. The van der Waals surface area contributed by atoms with E-state index in [1.54, 1.807) is 0 Å². The number of fused-ring (bicyclic) bond motifs is 8. The van der Waals surface area contributed by atoms with Crippen LogP contribution in [0.5, 0.6) is 0 Å². The van der Waals surface area contributed by atoms with Crippen LogP contribution in [0.2, 0.25) is 0 Å². The van der Waals surface area contributed by atoms with Gasteiger partial charge in [-0.3, -0.25) is 4.98 Å². The van der Waals surface area contributed by atoms with Crippen LogP contribution in [0.1, 0.15) is 0 Å². The number of nitrogens with zero attached hydrogens (tertiary/aromatic N) is 5. The molecule has 0 amide bonds. The van der Waals surface area contributed by atoms with E-state index >= 15 is 0 Å². The molecule has 292 valence electrons. The molecule has 12 rings (SSSR count). The van der Waals surface area contributed by atoms with Crippen molar-refractivity contribution in [3.05, 3.63) is 212 Å². The predicted octanol–water partition coefficient (Wildman–Crippen LogP) is 15.2. The topological polar surface area (TPSA) is 69.1 Å². The van der Waals surface area contributed by atoms with E-state index in [0.717, 1.165) is 99.1 Å². The van der Waals surface area contributed by atoms with Gasteiger partial charge < -0.3 is 4.42 Å². The van der Waals surface area contributed by atoms with Gasteiger partial charge >= 0.3 is 0 Å². The molecule has 0 radical (unpaired) electrons. The Morgan fingerprint density at radius 1 is 0.349 bits per heavy atom. The highest BCUT2D eigenvalue weighted by molar-refractivity contribution is 6.23. The summed E-state index contributed by atoms with van der Waals surface area (Å²) in [6, 6.07) is 66.6. The van der Waals surface area contributed by atoms with Crippen LogP contribution in [-0.4, -0.2) is 19.9 Å². The smallest absolute Gasteiger partial charge is 0.187 e. The highest BCUT2D eigenvalue weighted by Crippen LogP contribution is 2.42. The number of pyridine rings is 1. The Kier molecular flexibility index (Phi) is 8.44. The van der Waals surface area contributed by atoms with E-state index in [4.69, 9.17) is 30.9 Å². The Balaban J connectivity index is 0.974. The number of benzene rings is 9. The second-order valence-corrected chi connectivity index (χ2v) is 15.7. The van der Waals surface area contributed by atoms with Crippen LogP contribution in [0.3, 0.4) is 0 Å². The first-order valence-electron chi connectivity index (χ1n) is 20.8. The average Bonchev–Trinajstić information content (AvgIpc) is 3.74. The molecule has 0 aliphatic heterocycles. The number of aromatic nitrogens is 4. The maximum atomic E-state index is 7.45. The van der Waals surface area contributed by atoms with E-state index in [0.29, 0.717) is 23.2 Å². The molecule has 0 unspecified atom stereocenters. The van der Waals surface area contributed by atoms with Crippen LogP contribution in [-0.2, 0) is 0 Å². The minimum Gasteiger partial charge on any atom is -0.456 e. The fourth-order valence-electron chi connectivity index (χ4n) is 8.92. The largest absolute Gasteiger partial charge is 0.456 e. The quantitative estimate of drug-likeness (QED) is 0.124. The van der Waals surface area contributed by atoms with Crippen LogP contribution in [0.25, 0.3) is 127 Å². The molecule has 3 heterocycles. The summed E-state index contributed by atoms with van der Waals surface area (Å²) in [6.45, 7) is 7.45. The molecule has 0 aliphatic rings. The van der Waals surface area contributed by atoms with Gasteiger partial charge in [-0.15, -0.1) is 0 Å². The number of hydrogen-bond donors (Lipinski definition) is 0. The standard InChI is InChI=1S/C57H33N5O/c1-58-42-26-23-35(24-27-42)48-33-51-47-21-11-29-59-54(47)49(34-50(51)44-19-6-5-18-43(44)48)39-16-9-14-37(30-39)38-15-10-17-40(31-38)56-60-55(36-12-3-2-4-13-36)61-57(62-56)41-25-28-46-45-20-7-8-22-52(45)63-53(46)32-41/h2-34H. The van der Waals surface area contributed by atoms with Crippen molar-refractivity contribution in [1.82, 2.24) is 19.9 Å². The van der Waals surface area contributed by atoms with Crippen LogP contribution >= 0.6 is 0 Å². The highest BCUT2D eigenvalue weighted by atomic mass is 16.3. The zero-order valence-electron chi connectivity index (χ0n) is 33.7. The second kappa shape index (κ2) is 14.7. The average molecular weight is 804 g/mol. The lowest BCUT2D eigenvalue weighted by atomic mass is 9.88. The van der Waals surface area contributed by atoms with E-state index < -0.39 is 0 Å². The summed E-state index contributed by atoms with van der Waals surface area (Å²) < 4.78 is 6.26. The number of para-hydroxylation sites is 1. The van der Waals surface area contributed by atoms with Crippen LogP contribution in [0.4, 0.5) is 5.69 Å². The van der Waals surface area contributed by atoms with E-state index in [-0.39, 0.29) is 0 Å². The van der Waals surface area contributed by atoms with Gasteiger partial charge in [0.05, 0.1) is 12.1 Å². The Labute approximate surface area is 362 Å². The Bertz CT molecular complexity index is 3810. The lowest BCUT2D eigenvalue weighted by Crippen LogP contribution is -2.00. The Hall–Kier alpha value is -8.79. The summed E-state index contributed by atoms with van der Waals surface area (Å²) in [5.41, 5.74) is 12.3. The summed E-state index contributed by atoms with van der Waals surface area (Å²) in [5, 5.41) is 7.84. The van der Waals surface area contributed by atoms with Crippen molar-refractivity contribution < 1.29 is 4.42 Å². The van der Waals surface area contributed by atoms with Crippen molar-refractivity contribution in [2.75, 3.05) is 0 Å². The van der Waals surface area contributed by atoms with Gasteiger partial charge in [0, 0.05) is 44.6 Å². The van der Waals surface area contributed by atoms with Crippen molar-refractivity contribution in [3.8, 4) is 67.5 Å². The highest BCUT2D eigenvalue weighted by Gasteiger charge is 2.18. The van der Waals surface area contributed by atoms with Crippen molar-refractivity contribution in [2.24, 2.45) is 0 Å². The van der Waals surface area contributed by atoms with E-state index in [2.05, 4.69) is 114 Å². The first kappa shape index (κ1) is 36.1. The van der Waals surface area contributed by atoms with E-state index in [1.807, 2.05) is 91.1 Å². The lowest BCUT2D eigenvalue weighted by molar-refractivity contribution is 0.669. The summed E-state index contributed by atoms with van der Waals surface area (Å²) in [5.74, 6) is 1.75. The molecule has 0 saturated heterocycles. The minimum atomic E-state index is 0.571.